The summed E-state index contributed by atoms with van der Waals surface area (Å²) in [5.41, 5.74) is 3.43. The minimum atomic E-state index is 0.783. The molecule has 0 aliphatic carbocycles. The lowest BCUT2D eigenvalue weighted by atomic mass is 10.1. The molecule has 0 radical (unpaired) electrons. The lowest BCUT2D eigenvalue weighted by molar-refractivity contribution is 0.687. The average molecular weight is 344 g/mol. The summed E-state index contributed by atoms with van der Waals surface area (Å²) in [6.07, 6.45) is 0. The van der Waals surface area contributed by atoms with Crippen LogP contribution in [0.1, 0.15) is 18.1 Å². The number of aryl methyl sites for hydroxylation is 1. The maximum atomic E-state index is 6.23. The first-order valence-corrected chi connectivity index (χ1v) is 8.92. The van der Waals surface area contributed by atoms with E-state index >= 15 is 0 Å². The van der Waals surface area contributed by atoms with Gasteiger partial charge in [0.1, 0.15) is 0 Å². The summed E-state index contributed by atoms with van der Waals surface area (Å²) in [6.45, 7) is 5.03. The van der Waals surface area contributed by atoms with Crippen LogP contribution in [0.5, 0.6) is 0 Å². The standard InChI is InChI=1S/C18H18ClN3S/c1-3-22-17(14-9-6-7-13(2)11-14)20-21-18(22)23-12-15-8-4-5-10-16(15)19/h4-11H,3,12H2,1-2H3. The van der Waals surface area contributed by atoms with E-state index in [1.54, 1.807) is 11.8 Å². The quantitative estimate of drug-likeness (QED) is 0.595. The van der Waals surface area contributed by atoms with Gasteiger partial charge in [0.2, 0.25) is 0 Å². The highest BCUT2D eigenvalue weighted by atomic mass is 35.5. The third-order valence-electron chi connectivity index (χ3n) is 3.62. The van der Waals surface area contributed by atoms with Gasteiger partial charge in [0.15, 0.2) is 11.0 Å². The van der Waals surface area contributed by atoms with Crippen LogP contribution in [0.3, 0.4) is 0 Å². The number of hydrogen-bond acceptors (Lipinski definition) is 3. The highest BCUT2D eigenvalue weighted by molar-refractivity contribution is 7.98. The van der Waals surface area contributed by atoms with E-state index in [0.29, 0.717) is 0 Å². The number of nitrogens with zero attached hydrogens (tertiary/aromatic N) is 3. The first-order chi connectivity index (χ1) is 11.2. The van der Waals surface area contributed by atoms with E-state index in [1.807, 2.05) is 24.3 Å². The first kappa shape index (κ1) is 16.1. The molecule has 3 aromatic rings. The predicted octanol–water partition coefficient (Wildman–Crippen LogP) is 5.22. The highest BCUT2D eigenvalue weighted by Gasteiger charge is 2.13. The molecule has 0 unspecified atom stereocenters. The normalized spacial score (nSPS) is 10.9. The monoisotopic (exact) mass is 343 g/mol. The van der Waals surface area contributed by atoms with Crippen LogP contribution in [0.2, 0.25) is 5.02 Å². The van der Waals surface area contributed by atoms with E-state index in [9.17, 15) is 0 Å². The van der Waals surface area contributed by atoms with Crippen LogP contribution < -0.4 is 0 Å². The number of benzene rings is 2. The van der Waals surface area contributed by atoms with Crippen molar-refractivity contribution in [3.63, 3.8) is 0 Å². The minimum absolute atomic E-state index is 0.783. The van der Waals surface area contributed by atoms with E-state index in [-0.39, 0.29) is 0 Å². The van der Waals surface area contributed by atoms with Crippen LogP contribution >= 0.6 is 23.4 Å². The van der Waals surface area contributed by atoms with Crippen molar-refractivity contribution in [1.82, 2.24) is 14.8 Å². The Labute approximate surface area is 145 Å². The maximum absolute atomic E-state index is 6.23. The first-order valence-electron chi connectivity index (χ1n) is 7.55. The zero-order valence-corrected chi connectivity index (χ0v) is 14.7. The summed E-state index contributed by atoms with van der Waals surface area (Å²) in [4.78, 5) is 0. The summed E-state index contributed by atoms with van der Waals surface area (Å²) in [5, 5.41) is 10.5. The Balaban J connectivity index is 1.85. The van der Waals surface area contributed by atoms with Gasteiger partial charge in [-0.15, -0.1) is 10.2 Å². The molecule has 0 saturated heterocycles. The summed E-state index contributed by atoms with van der Waals surface area (Å²) in [6, 6.07) is 16.3. The van der Waals surface area contributed by atoms with Crippen LogP contribution in [0.4, 0.5) is 0 Å². The molecule has 0 bridgehead atoms. The number of rotatable bonds is 5. The number of aromatic nitrogens is 3. The largest absolute Gasteiger partial charge is 0.302 e. The zero-order valence-electron chi connectivity index (χ0n) is 13.2. The smallest absolute Gasteiger partial charge is 0.191 e. The molecule has 0 spiro atoms. The van der Waals surface area contributed by atoms with Crippen molar-refractivity contribution in [1.29, 1.82) is 0 Å². The lowest BCUT2D eigenvalue weighted by Crippen LogP contribution is -2.00. The molecule has 1 aromatic heterocycles. The number of halogens is 1. The van der Waals surface area contributed by atoms with E-state index in [4.69, 9.17) is 11.6 Å². The fourth-order valence-corrected chi connectivity index (χ4v) is 3.72. The van der Waals surface area contributed by atoms with Gasteiger partial charge in [-0.05, 0) is 31.5 Å². The van der Waals surface area contributed by atoms with Crippen molar-refractivity contribution in [3.8, 4) is 11.4 Å². The highest BCUT2D eigenvalue weighted by Crippen LogP contribution is 2.28. The molecule has 3 nitrogen and oxygen atoms in total. The van der Waals surface area contributed by atoms with Crippen LogP contribution in [0.25, 0.3) is 11.4 Å². The van der Waals surface area contributed by atoms with E-state index in [1.165, 1.54) is 5.56 Å². The molecule has 2 aromatic carbocycles. The summed E-state index contributed by atoms with van der Waals surface area (Å²) in [7, 11) is 0. The summed E-state index contributed by atoms with van der Waals surface area (Å²) >= 11 is 7.89. The van der Waals surface area contributed by atoms with Gasteiger partial charge in [-0.25, -0.2) is 0 Å². The van der Waals surface area contributed by atoms with Crippen LogP contribution in [-0.2, 0) is 12.3 Å². The number of thioether (sulfide) groups is 1. The second-order valence-electron chi connectivity index (χ2n) is 5.30. The molecule has 0 atom stereocenters. The Hall–Kier alpha value is -1.78. The van der Waals surface area contributed by atoms with Gasteiger partial charge in [0, 0.05) is 22.9 Å². The molecular formula is C18H18ClN3S. The van der Waals surface area contributed by atoms with Crippen LogP contribution in [-0.4, -0.2) is 14.8 Å². The molecule has 0 aliphatic rings. The molecule has 118 valence electrons. The van der Waals surface area contributed by atoms with Crippen LogP contribution in [0, 0.1) is 6.92 Å². The Morgan fingerprint density at radius 2 is 1.91 bits per heavy atom. The molecule has 3 rings (SSSR count). The van der Waals surface area contributed by atoms with Gasteiger partial charge in [0.25, 0.3) is 0 Å². The van der Waals surface area contributed by atoms with E-state index < -0.39 is 0 Å². The second-order valence-corrected chi connectivity index (χ2v) is 6.65. The fraction of sp³-hybridized carbons (Fsp3) is 0.222. The second kappa shape index (κ2) is 7.20. The van der Waals surface area contributed by atoms with Gasteiger partial charge in [-0.3, -0.25) is 0 Å². The van der Waals surface area contributed by atoms with E-state index in [2.05, 4.69) is 52.9 Å². The molecule has 1 heterocycles. The molecule has 5 heteroatoms. The molecule has 23 heavy (non-hydrogen) atoms. The third-order valence-corrected chi connectivity index (χ3v) is 5.01. The van der Waals surface area contributed by atoms with E-state index in [0.717, 1.165) is 39.4 Å². The van der Waals surface area contributed by atoms with Crippen molar-refractivity contribution in [2.24, 2.45) is 0 Å². The Kier molecular flexibility index (Phi) is 5.03. The van der Waals surface area contributed by atoms with Crippen molar-refractivity contribution >= 4 is 23.4 Å². The fourth-order valence-electron chi connectivity index (χ4n) is 2.44. The average Bonchev–Trinajstić information content (AvgIpc) is 2.97. The molecular weight excluding hydrogens is 326 g/mol. The van der Waals surface area contributed by atoms with Gasteiger partial charge < -0.3 is 4.57 Å². The molecule has 0 N–H and O–H groups in total. The zero-order chi connectivity index (χ0) is 16.2. The van der Waals surface area contributed by atoms with Gasteiger partial charge in [-0.2, -0.15) is 0 Å². The van der Waals surface area contributed by atoms with Crippen molar-refractivity contribution in [2.75, 3.05) is 0 Å². The summed E-state index contributed by atoms with van der Waals surface area (Å²) < 4.78 is 2.15. The lowest BCUT2D eigenvalue weighted by Gasteiger charge is -2.08. The van der Waals surface area contributed by atoms with Crippen molar-refractivity contribution < 1.29 is 0 Å². The van der Waals surface area contributed by atoms with Gasteiger partial charge in [-0.1, -0.05) is 65.3 Å². The predicted molar refractivity (Wildman–Crippen MR) is 96.9 cm³/mol. The van der Waals surface area contributed by atoms with Gasteiger partial charge >= 0.3 is 0 Å². The molecule has 0 amide bonds. The van der Waals surface area contributed by atoms with Crippen LogP contribution in [0.15, 0.2) is 53.7 Å². The Bertz CT molecular complexity index is 814. The van der Waals surface area contributed by atoms with Gasteiger partial charge in [0.05, 0.1) is 0 Å². The third kappa shape index (κ3) is 3.59. The summed E-state index contributed by atoms with van der Waals surface area (Å²) in [5.74, 6) is 1.70. The van der Waals surface area contributed by atoms with Crippen molar-refractivity contribution in [3.05, 3.63) is 64.7 Å². The van der Waals surface area contributed by atoms with Crippen molar-refractivity contribution in [2.45, 2.75) is 31.3 Å². The number of hydrogen-bond donors (Lipinski definition) is 0. The molecule has 0 fully saturated rings. The molecule has 0 aliphatic heterocycles. The Morgan fingerprint density at radius 3 is 2.65 bits per heavy atom. The maximum Gasteiger partial charge on any atom is 0.191 e. The SMILES string of the molecule is CCn1c(SCc2ccccc2Cl)nnc1-c1cccc(C)c1. The minimum Gasteiger partial charge on any atom is -0.302 e. The molecule has 0 saturated carbocycles. The topological polar surface area (TPSA) is 30.7 Å². The Morgan fingerprint density at radius 1 is 1.09 bits per heavy atom.